The lowest BCUT2D eigenvalue weighted by molar-refractivity contribution is -0.142. The zero-order chi connectivity index (χ0) is 21.9. The number of carbonyl (C=O) groups is 2. The van der Waals surface area contributed by atoms with E-state index in [4.69, 9.17) is 14.2 Å². The van der Waals surface area contributed by atoms with E-state index in [-0.39, 0.29) is 18.4 Å². The number of hydrogen-bond donors (Lipinski definition) is 0. The van der Waals surface area contributed by atoms with Crippen LogP contribution in [0.15, 0.2) is 42.6 Å². The quantitative estimate of drug-likeness (QED) is 0.712. The second-order valence-corrected chi connectivity index (χ2v) is 7.93. The number of fused-ring (bicyclic) bond motifs is 1. The highest BCUT2D eigenvalue weighted by Gasteiger charge is 2.37. The van der Waals surface area contributed by atoms with E-state index >= 15 is 0 Å². The first kappa shape index (κ1) is 20.7. The van der Waals surface area contributed by atoms with E-state index in [9.17, 15) is 9.59 Å². The molecule has 3 aliphatic heterocycles. The fourth-order valence-corrected chi connectivity index (χ4v) is 4.24. The van der Waals surface area contributed by atoms with Crippen LogP contribution in [0.3, 0.4) is 0 Å². The third-order valence-corrected chi connectivity index (χ3v) is 5.96. The smallest absolute Gasteiger partial charge is 0.277 e. The average Bonchev–Trinajstić information content (AvgIpc) is 2.88. The summed E-state index contributed by atoms with van der Waals surface area (Å²) >= 11 is 0. The van der Waals surface area contributed by atoms with E-state index in [2.05, 4.69) is 9.88 Å². The van der Waals surface area contributed by atoms with Crippen molar-refractivity contribution in [2.75, 3.05) is 69.0 Å². The number of hydrogen-bond acceptors (Lipinski definition) is 7. The van der Waals surface area contributed by atoms with Gasteiger partial charge >= 0.3 is 0 Å². The Hall–Kier alpha value is -3.17. The van der Waals surface area contributed by atoms with Crippen molar-refractivity contribution < 1.29 is 23.8 Å². The molecule has 168 valence electrons. The van der Waals surface area contributed by atoms with Crippen molar-refractivity contribution in [2.45, 2.75) is 6.10 Å². The standard InChI is InChI=1S/C23H26N4O5/c28-22(18-15-17(5-6-24-18)25-7-11-30-12-8-25)27-16-21(23(29)26-9-13-31-14-10-26)32-20-4-2-1-3-19(20)27/h1-6,15,21H,7-14,16H2/t21-/m1/s1. The molecule has 0 radical (unpaired) electrons. The monoisotopic (exact) mass is 438 g/mol. The van der Waals surface area contributed by atoms with Gasteiger partial charge in [-0.2, -0.15) is 0 Å². The molecular weight excluding hydrogens is 412 g/mol. The molecule has 2 fully saturated rings. The molecule has 0 N–H and O–H groups in total. The molecule has 0 unspecified atom stereocenters. The van der Waals surface area contributed by atoms with Gasteiger partial charge in [0.1, 0.15) is 11.4 Å². The Labute approximate surface area is 186 Å². The fourth-order valence-electron chi connectivity index (χ4n) is 4.24. The molecule has 5 rings (SSSR count). The molecule has 2 amide bonds. The summed E-state index contributed by atoms with van der Waals surface area (Å²) in [6.07, 6.45) is 0.884. The van der Waals surface area contributed by atoms with Gasteiger partial charge in [0.05, 0.1) is 38.7 Å². The van der Waals surface area contributed by atoms with Crippen molar-refractivity contribution in [3.05, 3.63) is 48.3 Å². The minimum atomic E-state index is -0.769. The summed E-state index contributed by atoms with van der Waals surface area (Å²) in [5.74, 6) is 0.134. The summed E-state index contributed by atoms with van der Waals surface area (Å²) in [5, 5.41) is 0. The van der Waals surface area contributed by atoms with Crippen molar-refractivity contribution in [1.82, 2.24) is 9.88 Å². The number of carbonyl (C=O) groups excluding carboxylic acids is 2. The van der Waals surface area contributed by atoms with Crippen molar-refractivity contribution in [3.8, 4) is 5.75 Å². The Kier molecular flexibility index (Phi) is 5.91. The SMILES string of the molecule is O=C([C@H]1CN(C(=O)c2cc(N3CCOCC3)ccn2)c2ccccc2O1)N1CCOCC1. The molecule has 3 aliphatic rings. The molecule has 4 heterocycles. The van der Waals surface area contributed by atoms with Gasteiger partial charge in [-0.05, 0) is 24.3 Å². The van der Waals surface area contributed by atoms with Crippen LogP contribution in [0.1, 0.15) is 10.5 Å². The van der Waals surface area contributed by atoms with E-state index in [0.29, 0.717) is 56.6 Å². The highest BCUT2D eigenvalue weighted by molar-refractivity contribution is 6.07. The topological polar surface area (TPSA) is 84.4 Å². The van der Waals surface area contributed by atoms with Gasteiger partial charge in [0.15, 0.2) is 6.10 Å². The molecule has 0 bridgehead atoms. The van der Waals surface area contributed by atoms with Crippen molar-refractivity contribution in [1.29, 1.82) is 0 Å². The fraction of sp³-hybridized carbons (Fsp3) is 0.435. The number of para-hydroxylation sites is 2. The van der Waals surface area contributed by atoms with Crippen LogP contribution in [0.25, 0.3) is 0 Å². The van der Waals surface area contributed by atoms with Crippen LogP contribution >= 0.6 is 0 Å². The number of rotatable bonds is 3. The van der Waals surface area contributed by atoms with Crippen LogP contribution in [0.4, 0.5) is 11.4 Å². The van der Waals surface area contributed by atoms with Crippen LogP contribution in [0.2, 0.25) is 0 Å². The third kappa shape index (κ3) is 4.13. The summed E-state index contributed by atoms with van der Waals surface area (Å²) in [7, 11) is 0. The number of benzene rings is 1. The van der Waals surface area contributed by atoms with Crippen molar-refractivity contribution in [2.24, 2.45) is 0 Å². The second-order valence-electron chi connectivity index (χ2n) is 7.93. The number of morpholine rings is 2. The molecule has 1 aromatic carbocycles. The normalized spacial score (nSPS) is 21.0. The van der Waals surface area contributed by atoms with Crippen LogP contribution in [-0.2, 0) is 14.3 Å². The van der Waals surface area contributed by atoms with Crippen LogP contribution in [0.5, 0.6) is 5.75 Å². The summed E-state index contributed by atoms with van der Waals surface area (Å²) < 4.78 is 16.8. The molecule has 9 nitrogen and oxygen atoms in total. The minimum Gasteiger partial charge on any atom is -0.476 e. The van der Waals surface area contributed by atoms with E-state index in [1.54, 1.807) is 22.1 Å². The number of aromatic nitrogens is 1. The zero-order valence-electron chi connectivity index (χ0n) is 17.8. The Morgan fingerprint density at radius 1 is 0.938 bits per heavy atom. The molecule has 0 saturated carbocycles. The molecule has 1 aromatic heterocycles. The molecule has 0 spiro atoms. The van der Waals surface area contributed by atoms with Gasteiger partial charge in [-0.3, -0.25) is 19.5 Å². The van der Waals surface area contributed by atoms with E-state index in [0.717, 1.165) is 18.8 Å². The van der Waals surface area contributed by atoms with E-state index in [1.807, 2.05) is 30.3 Å². The van der Waals surface area contributed by atoms with Crippen molar-refractivity contribution in [3.63, 3.8) is 0 Å². The Bertz CT molecular complexity index is 988. The van der Waals surface area contributed by atoms with E-state index in [1.165, 1.54) is 0 Å². The molecule has 32 heavy (non-hydrogen) atoms. The largest absolute Gasteiger partial charge is 0.476 e. The van der Waals surface area contributed by atoms with Gasteiger partial charge < -0.3 is 24.0 Å². The number of pyridine rings is 1. The van der Waals surface area contributed by atoms with Crippen molar-refractivity contribution >= 4 is 23.2 Å². The first-order valence-electron chi connectivity index (χ1n) is 10.9. The zero-order valence-corrected chi connectivity index (χ0v) is 17.8. The van der Waals surface area contributed by atoms with Crippen LogP contribution in [-0.4, -0.2) is 87.0 Å². The highest BCUT2D eigenvalue weighted by Crippen LogP contribution is 2.34. The summed E-state index contributed by atoms with van der Waals surface area (Å²) in [6.45, 7) is 5.07. The third-order valence-electron chi connectivity index (χ3n) is 5.96. The number of amides is 2. The lowest BCUT2D eigenvalue weighted by Crippen LogP contribution is -2.54. The van der Waals surface area contributed by atoms with Gasteiger partial charge in [-0.15, -0.1) is 0 Å². The van der Waals surface area contributed by atoms with Gasteiger partial charge in [0, 0.05) is 38.1 Å². The highest BCUT2D eigenvalue weighted by atomic mass is 16.5. The molecule has 0 aliphatic carbocycles. The lowest BCUT2D eigenvalue weighted by Gasteiger charge is -2.37. The predicted molar refractivity (Wildman–Crippen MR) is 117 cm³/mol. The van der Waals surface area contributed by atoms with E-state index < -0.39 is 6.10 Å². The first-order valence-corrected chi connectivity index (χ1v) is 10.9. The van der Waals surface area contributed by atoms with Gasteiger partial charge in [0.25, 0.3) is 11.8 Å². The average molecular weight is 438 g/mol. The van der Waals surface area contributed by atoms with Gasteiger partial charge in [-0.1, -0.05) is 12.1 Å². The minimum absolute atomic E-state index is 0.129. The molecule has 9 heteroatoms. The first-order chi connectivity index (χ1) is 15.7. The maximum atomic E-state index is 13.6. The molecule has 1 atom stereocenters. The molecule has 2 saturated heterocycles. The Morgan fingerprint density at radius 3 is 2.44 bits per heavy atom. The Balaban J connectivity index is 1.41. The number of ether oxygens (including phenoxy) is 3. The molecule has 2 aromatic rings. The maximum absolute atomic E-state index is 13.6. The summed E-state index contributed by atoms with van der Waals surface area (Å²) in [5.41, 5.74) is 1.92. The lowest BCUT2D eigenvalue weighted by atomic mass is 10.1. The van der Waals surface area contributed by atoms with Crippen LogP contribution < -0.4 is 14.5 Å². The van der Waals surface area contributed by atoms with Gasteiger partial charge in [0.2, 0.25) is 0 Å². The predicted octanol–water partition coefficient (Wildman–Crippen LogP) is 1.18. The summed E-state index contributed by atoms with van der Waals surface area (Å²) in [6, 6.07) is 11.0. The maximum Gasteiger partial charge on any atom is 0.277 e. The van der Waals surface area contributed by atoms with Crippen LogP contribution in [0, 0.1) is 0 Å². The van der Waals surface area contributed by atoms with Gasteiger partial charge in [-0.25, -0.2) is 0 Å². The summed E-state index contributed by atoms with van der Waals surface area (Å²) in [4.78, 5) is 36.5. The molecular formula is C23H26N4O5. The number of anilines is 2. The Morgan fingerprint density at radius 2 is 1.66 bits per heavy atom. The second kappa shape index (κ2) is 9.13. The number of nitrogens with zero attached hydrogens (tertiary/aromatic N) is 4.